The molecular formula is C14H21F3N4O. The van der Waals surface area contributed by atoms with Crippen molar-refractivity contribution in [1.82, 2.24) is 20.4 Å². The van der Waals surface area contributed by atoms with Crippen molar-refractivity contribution >= 4 is 5.91 Å². The Morgan fingerprint density at radius 3 is 2.68 bits per heavy atom. The SMILES string of the molecule is CC(C)c1[nH]ncc1C(=O)N[C@@H]1CC[C@@H](C(F)(F)F)N(C)C1. The number of amides is 1. The van der Waals surface area contributed by atoms with Crippen LogP contribution >= 0.6 is 0 Å². The molecule has 1 aliphatic heterocycles. The lowest BCUT2D eigenvalue weighted by atomic mass is 9.98. The van der Waals surface area contributed by atoms with Crippen molar-refractivity contribution in [2.45, 2.75) is 50.9 Å². The normalized spacial score (nSPS) is 23.8. The van der Waals surface area contributed by atoms with Gasteiger partial charge < -0.3 is 5.32 Å². The van der Waals surface area contributed by atoms with Crippen LogP contribution in [-0.4, -0.2) is 52.9 Å². The van der Waals surface area contributed by atoms with Gasteiger partial charge >= 0.3 is 6.18 Å². The van der Waals surface area contributed by atoms with E-state index in [2.05, 4.69) is 15.5 Å². The number of hydrogen-bond donors (Lipinski definition) is 2. The number of carbonyl (C=O) groups is 1. The largest absolute Gasteiger partial charge is 0.404 e. The average molecular weight is 318 g/mol. The molecular weight excluding hydrogens is 297 g/mol. The Morgan fingerprint density at radius 2 is 2.14 bits per heavy atom. The summed E-state index contributed by atoms with van der Waals surface area (Å²) >= 11 is 0. The molecule has 2 atom stereocenters. The first-order chi connectivity index (χ1) is 10.2. The molecule has 124 valence electrons. The lowest BCUT2D eigenvalue weighted by molar-refractivity contribution is -0.188. The van der Waals surface area contributed by atoms with Crippen LogP contribution < -0.4 is 5.32 Å². The maximum Gasteiger partial charge on any atom is 0.404 e. The number of nitrogens with one attached hydrogen (secondary N) is 2. The lowest BCUT2D eigenvalue weighted by Crippen LogP contribution is -2.54. The molecule has 1 saturated heterocycles. The molecule has 2 heterocycles. The topological polar surface area (TPSA) is 61.0 Å². The van der Waals surface area contributed by atoms with E-state index in [9.17, 15) is 18.0 Å². The first-order valence-corrected chi connectivity index (χ1v) is 7.31. The number of nitrogens with zero attached hydrogens (tertiary/aromatic N) is 2. The minimum atomic E-state index is -4.22. The fourth-order valence-corrected chi connectivity index (χ4v) is 2.86. The molecule has 2 N–H and O–H groups in total. The van der Waals surface area contributed by atoms with Crippen LogP contribution in [0.1, 0.15) is 48.7 Å². The van der Waals surface area contributed by atoms with E-state index in [1.54, 1.807) is 0 Å². The minimum absolute atomic E-state index is 0.00658. The molecule has 0 spiro atoms. The van der Waals surface area contributed by atoms with Crippen LogP contribution in [0.25, 0.3) is 0 Å². The molecule has 1 amide bonds. The van der Waals surface area contributed by atoms with Crippen molar-refractivity contribution in [2.75, 3.05) is 13.6 Å². The molecule has 0 saturated carbocycles. The first-order valence-electron chi connectivity index (χ1n) is 7.31. The highest BCUT2D eigenvalue weighted by Gasteiger charge is 2.44. The highest BCUT2D eigenvalue weighted by atomic mass is 19.4. The smallest absolute Gasteiger partial charge is 0.348 e. The highest BCUT2D eigenvalue weighted by molar-refractivity contribution is 5.95. The summed E-state index contributed by atoms with van der Waals surface area (Å²) in [7, 11) is 1.44. The van der Waals surface area contributed by atoms with Crippen LogP contribution in [0.15, 0.2) is 6.20 Å². The summed E-state index contributed by atoms with van der Waals surface area (Å²) in [6.07, 6.45) is -2.46. The zero-order chi connectivity index (χ0) is 16.5. The molecule has 22 heavy (non-hydrogen) atoms. The van der Waals surface area contributed by atoms with Crippen molar-refractivity contribution in [3.8, 4) is 0 Å². The van der Waals surface area contributed by atoms with Crippen molar-refractivity contribution in [2.24, 2.45) is 0 Å². The Kier molecular flexibility index (Phi) is 4.79. The molecule has 1 fully saturated rings. The summed E-state index contributed by atoms with van der Waals surface area (Å²) in [5, 5.41) is 9.47. The minimum Gasteiger partial charge on any atom is -0.348 e. The number of H-pyrrole nitrogens is 1. The number of likely N-dealkylation sites (tertiary alicyclic amines) is 1. The molecule has 0 bridgehead atoms. The summed E-state index contributed by atoms with van der Waals surface area (Å²) < 4.78 is 38.4. The number of hydrogen-bond acceptors (Lipinski definition) is 3. The summed E-state index contributed by atoms with van der Waals surface area (Å²) in [5.41, 5.74) is 1.19. The fourth-order valence-electron chi connectivity index (χ4n) is 2.86. The predicted octanol–water partition coefficient (Wildman–Crippen LogP) is 2.29. The summed E-state index contributed by atoms with van der Waals surface area (Å²) in [6, 6.07) is -1.72. The van der Waals surface area contributed by atoms with Gasteiger partial charge in [0.2, 0.25) is 0 Å². The van der Waals surface area contributed by atoms with Crippen LogP contribution in [0.5, 0.6) is 0 Å². The second-order valence-electron chi connectivity index (χ2n) is 6.10. The van der Waals surface area contributed by atoms with Crippen molar-refractivity contribution in [1.29, 1.82) is 0 Å². The van der Waals surface area contributed by atoms with Gasteiger partial charge in [0.15, 0.2) is 0 Å². The zero-order valence-corrected chi connectivity index (χ0v) is 12.9. The number of rotatable bonds is 3. The quantitative estimate of drug-likeness (QED) is 0.899. The number of alkyl halides is 3. The monoisotopic (exact) mass is 318 g/mol. The molecule has 1 aromatic rings. The average Bonchev–Trinajstić information content (AvgIpc) is 2.86. The van der Waals surface area contributed by atoms with E-state index >= 15 is 0 Å². The van der Waals surface area contributed by atoms with Gasteiger partial charge in [0.05, 0.1) is 17.5 Å². The molecule has 0 aliphatic carbocycles. The third-order valence-corrected chi connectivity index (χ3v) is 4.03. The van der Waals surface area contributed by atoms with E-state index < -0.39 is 12.2 Å². The van der Waals surface area contributed by atoms with Gasteiger partial charge in [-0.25, -0.2) is 0 Å². The van der Waals surface area contributed by atoms with Gasteiger partial charge in [0.1, 0.15) is 6.04 Å². The molecule has 0 unspecified atom stereocenters. The van der Waals surface area contributed by atoms with Gasteiger partial charge in [-0.15, -0.1) is 0 Å². The first kappa shape index (κ1) is 16.8. The number of aromatic nitrogens is 2. The van der Waals surface area contributed by atoms with Gasteiger partial charge in [0, 0.05) is 12.6 Å². The number of likely N-dealkylation sites (N-methyl/N-ethyl adjacent to an activating group) is 1. The zero-order valence-electron chi connectivity index (χ0n) is 12.9. The Balaban J connectivity index is 1.98. The second kappa shape index (κ2) is 6.28. The molecule has 8 heteroatoms. The van der Waals surface area contributed by atoms with Crippen LogP contribution in [0, 0.1) is 0 Å². The maximum absolute atomic E-state index is 12.8. The standard InChI is InChI=1S/C14H21F3N4O/c1-8(2)12-10(6-18-20-12)13(22)19-9-4-5-11(14(15,16)17)21(3)7-9/h6,8-9,11H,4-5,7H2,1-3H3,(H,18,20)(H,19,22)/t9-,11+/m1/s1. The van der Waals surface area contributed by atoms with E-state index in [4.69, 9.17) is 0 Å². The number of aromatic amines is 1. The van der Waals surface area contributed by atoms with Crippen LogP contribution in [0.2, 0.25) is 0 Å². The van der Waals surface area contributed by atoms with E-state index in [1.807, 2.05) is 13.8 Å². The molecule has 1 aromatic heterocycles. The predicted molar refractivity (Wildman–Crippen MR) is 75.6 cm³/mol. The van der Waals surface area contributed by atoms with E-state index in [-0.39, 0.29) is 30.8 Å². The number of carbonyl (C=O) groups excluding carboxylic acids is 1. The Bertz CT molecular complexity index is 526. The summed E-state index contributed by atoms with van der Waals surface area (Å²) in [6.45, 7) is 4.06. The van der Waals surface area contributed by atoms with Crippen molar-refractivity contribution < 1.29 is 18.0 Å². The second-order valence-corrected chi connectivity index (χ2v) is 6.10. The number of piperidine rings is 1. The van der Waals surface area contributed by atoms with Crippen molar-refractivity contribution in [3.05, 3.63) is 17.5 Å². The van der Waals surface area contributed by atoms with Crippen LogP contribution in [0.4, 0.5) is 13.2 Å². The highest BCUT2D eigenvalue weighted by Crippen LogP contribution is 2.31. The fraction of sp³-hybridized carbons (Fsp3) is 0.714. The van der Waals surface area contributed by atoms with E-state index in [0.29, 0.717) is 12.0 Å². The van der Waals surface area contributed by atoms with Gasteiger partial charge in [-0.2, -0.15) is 18.3 Å². The number of halogens is 3. The van der Waals surface area contributed by atoms with Crippen LogP contribution in [0.3, 0.4) is 0 Å². The van der Waals surface area contributed by atoms with Gasteiger partial charge in [0.25, 0.3) is 5.91 Å². The summed E-state index contributed by atoms with van der Waals surface area (Å²) in [4.78, 5) is 13.5. The van der Waals surface area contributed by atoms with E-state index in [1.165, 1.54) is 18.1 Å². The van der Waals surface area contributed by atoms with Crippen molar-refractivity contribution in [3.63, 3.8) is 0 Å². The maximum atomic E-state index is 12.8. The Hall–Kier alpha value is -1.57. The third-order valence-electron chi connectivity index (χ3n) is 4.03. The van der Waals surface area contributed by atoms with Gasteiger partial charge in [-0.3, -0.25) is 14.8 Å². The van der Waals surface area contributed by atoms with Gasteiger partial charge in [-0.05, 0) is 25.8 Å². The Labute approximate surface area is 127 Å². The summed E-state index contributed by atoms with van der Waals surface area (Å²) in [5.74, 6) is -0.173. The van der Waals surface area contributed by atoms with Gasteiger partial charge in [-0.1, -0.05) is 13.8 Å². The molecule has 5 nitrogen and oxygen atoms in total. The molecule has 0 aromatic carbocycles. The molecule has 2 rings (SSSR count). The Morgan fingerprint density at radius 1 is 1.45 bits per heavy atom. The van der Waals surface area contributed by atoms with E-state index in [0.717, 1.165) is 5.69 Å². The molecule has 1 aliphatic rings. The lowest BCUT2D eigenvalue weighted by Gasteiger charge is -2.38. The van der Waals surface area contributed by atoms with Crippen LogP contribution in [-0.2, 0) is 0 Å². The molecule has 0 radical (unpaired) electrons. The third kappa shape index (κ3) is 3.60.